The minimum atomic E-state index is -0.680. The van der Waals surface area contributed by atoms with Gasteiger partial charge in [0, 0.05) is 39.3 Å². The molecule has 0 aromatic heterocycles. The first kappa shape index (κ1) is 35.3. The number of hydrogen-bond acceptors (Lipinski definition) is 7. The van der Waals surface area contributed by atoms with Crippen molar-refractivity contribution in [3.63, 3.8) is 0 Å². The highest BCUT2D eigenvalue weighted by Crippen LogP contribution is 2.30. The Balaban J connectivity index is 0.000000159. The molecule has 0 atom stereocenters. The summed E-state index contributed by atoms with van der Waals surface area (Å²) in [6.07, 6.45) is 13.3. The second-order valence-electron chi connectivity index (χ2n) is 15.1. The molecule has 270 valence electrons. The zero-order valence-electron chi connectivity index (χ0n) is 29.9. The average molecular weight is 693 g/mol. The normalized spacial score (nSPS) is 19.5. The van der Waals surface area contributed by atoms with Gasteiger partial charge in [-0.2, -0.15) is 0 Å². The summed E-state index contributed by atoms with van der Waals surface area (Å²) < 4.78 is 17.1. The Morgan fingerprint density at radius 2 is 1.00 bits per heavy atom. The van der Waals surface area contributed by atoms with Gasteiger partial charge >= 0.3 is 11.9 Å². The molecule has 51 heavy (non-hydrogen) atoms. The third kappa shape index (κ3) is 9.21. The number of nitrogens with zero attached hydrogens (tertiary/aromatic N) is 2. The van der Waals surface area contributed by atoms with E-state index >= 15 is 0 Å². The van der Waals surface area contributed by atoms with Crippen LogP contribution in [0.15, 0.2) is 72.8 Å². The number of benzene rings is 4. The average Bonchev–Trinajstić information content (AvgIpc) is 3.11. The summed E-state index contributed by atoms with van der Waals surface area (Å²) in [7, 11) is 1.46. The molecule has 8 rings (SSSR count). The number of hydrogen-bond donors (Lipinski definition) is 1. The molecule has 0 amide bonds. The van der Waals surface area contributed by atoms with E-state index in [1.54, 1.807) is 0 Å². The standard InChI is InChI=1S/C22H27NO3.C21H25NO3/c1-25-22(24)19-14-23(15-19)13-16-7-8-18-12-21(10-9-17(18)11-16)26-20-5-3-2-4-6-20;23-21(24)18-13-22(14-18)12-15-6-7-17-11-20(9-8-16(17)10-15)25-19-4-2-1-3-5-19/h7-12,19-20H,2-6,13-15H2,1H3;6-11,18-19H,1-5,12-14H2,(H,23,24). The fourth-order valence-electron chi connectivity index (χ4n) is 8.03. The highest BCUT2D eigenvalue weighted by atomic mass is 16.5. The third-order valence-corrected chi connectivity index (χ3v) is 11.1. The van der Waals surface area contributed by atoms with Gasteiger partial charge in [-0.3, -0.25) is 19.4 Å². The van der Waals surface area contributed by atoms with Crippen molar-refractivity contribution in [3.8, 4) is 11.5 Å². The van der Waals surface area contributed by atoms with Crippen molar-refractivity contribution in [3.05, 3.63) is 83.9 Å². The first-order valence-corrected chi connectivity index (χ1v) is 19.0. The van der Waals surface area contributed by atoms with E-state index in [0.29, 0.717) is 25.3 Å². The van der Waals surface area contributed by atoms with Gasteiger partial charge in [0.15, 0.2) is 0 Å². The minimum Gasteiger partial charge on any atom is -0.490 e. The van der Waals surface area contributed by atoms with Crippen molar-refractivity contribution in [2.24, 2.45) is 11.8 Å². The van der Waals surface area contributed by atoms with Crippen LogP contribution in [0.25, 0.3) is 21.5 Å². The molecule has 4 fully saturated rings. The van der Waals surface area contributed by atoms with Crippen molar-refractivity contribution >= 4 is 33.5 Å². The number of rotatable bonds is 10. The van der Waals surface area contributed by atoms with Crippen LogP contribution in [0.4, 0.5) is 0 Å². The number of carbonyl (C=O) groups excluding carboxylic acids is 1. The van der Waals surface area contributed by atoms with Crippen LogP contribution in [0.3, 0.4) is 0 Å². The van der Waals surface area contributed by atoms with E-state index in [2.05, 4.69) is 82.6 Å². The maximum Gasteiger partial charge on any atom is 0.311 e. The Hall–Kier alpha value is -4.14. The fourth-order valence-corrected chi connectivity index (χ4v) is 8.03. The molecule has 2 aliphatic carbocycles. The van der Waals surface area contributed by atoms with E-state index in [4.69, 9.17) is 19.3 Å². The Kier molecular flexibility index (Phi) is 11.4. The second-order valence-corrected chi connectivity index (χ2v) is 15.1. The van der Waals surface area contributed by atoms with Gasteiger partial charge in [-0.15, -0.1) is 0 Å². The molecule has 2 heterocycles. The smallest absolute Gasteiger partial charge is 0.311 e. The van der Waals surface area contributed by atoms with Gasteiger partial charge in [-0.05, 0) is 120 Å². The van der Waals surface area contributed by atoms with Crippen molar-refractivity contribution in [2.45, 2.75) is 89.5 Å². The van der Waals surface area contributed by atoms with Gasteiger partial charge in [0.2, 0.25) is 0 Å². The predicted molar refractivity (Wildman–Crippen MR) is 200 cm³/mol. The Morgan fingerprint density at radius 3 is 1.43 bits per heavy atom. The van der Waals surface area contributed by atoms with Crippen LogP contribution in [0, 0.1) is 11.8 Å². The van der Waals surface area contributed by atoms with Crippen molar-refractivity contribution in [2.75, 3.05) is 33.3 Å². The molecule has 4 aliphatic rings. The summed E-state index contributed by atoms with van der Waals surface area (Å²) in [5.74, 6) is 1.03. The van der Waals surface area contributed by atoms with Gasteiger partial charge in [0.1, 0.15) is 11.5 Å². The van der Waals surface area contributed by atoms with E-state index < -0.39 is 5.97 Å². The van der Waals surface area contributed by atoms with Gasteiger partial charge in [0.05, 0.1) is 31.2 Å². The Bertz CT molecular complexity index is 1800. The first-order valence-electron chi connectivity index (χ1n) is 19.0. The lowest BCUT2D eigenvalue weighted by Crippen LogP contribution is -2.49. The predicted octanol–water partition coefficient (Wildman–Crippen LogP) is 8.22. The van der Waals surface area contributed by atoms with E-state index in [0.717, 1.165) is 37.7 Å². The number of esters is 1. The number of fused-ring (bicyclic) bond motifs is 2. The van der Waals surface area contributed by atoms with E-state index in [-0.39, 0.29) is 17.8 Å². The third-order valence-electron chi connectivity index (χ3n) is 11.1. The van der Waals surface area contributed by atoms with E-state index in [1.807, 2.05) is 0 Å². The zero-order valence-corrected chi connectivity index (χ0v) is 29.9. The molecule has 4 aromatic carbocycles. The molecule has 2 saturated heterocycles. The van der Waals surface area contributed by atoms with Crippen LogP contribution in [-0.2, 0) is 27.4 Å². The van der Waals surface area contributed by atoms with E-state index in [1.165, 1.54) is 104 Å². The molecule has 2 saturated carbocycles. The summed E-state index contributed by atoms with van der Waals surface area (Å²) in [6, 6.07) is 25.8. The summed E-state index contributed by atoms with van der Waals surface area (Å²) in [5, 5.41) is 13.8. The molecule has 2 aliphatic heterocycles. The first-order chi connectivity index (χ1) is 24.9. The lowest BCUT2D eigenvalue weighted by molar-refractivity contribution is -0.151. The number of carboxylic acids is 1. The van der Waals surface area contributed by atoms with Crippen molar-refractivity contribution in [1.82, 2.24) is 9.80 Å². The SMILES string of the molecule is COC(=O)C1CN(Cc2ccc3cc(OC4CCCCC4)ccc3c2)C1.O=C(O)C1CN(Cc2ccc3cc(OC4CCCCC4)ccc3c2)C1. The summed E-state index contributed by atoms with van der Waals surface area (Å²) >= 11 is 0. The maximum atomic E-state index is 11.5. The van der Waals surface area contributed by atoms with Gasteiger partial charge < -0.3 is 19.3 Å². The lowest BCUT2D eigenvalue weighted by Gasteiger charge is -2.37. The monoisotopic (exact) mass is 692 g/mol. The molecule has 1 N–H and O–H groups in total. The Labute approximate surface area is 301 Å². The summed E-state index contributed by atoms with van der Waals surface area (Å²) in [6.45, 7) is 4.59. The number of carbonyl (C=O) groups is 2. The second kappa shape index (κ2) is 16.5. The number of carboxylic acid groups (broad SMARTS) is 1. The van der Waals surface area contributed by atoms with Crippen LogP contribution in [0.2, 0.25) is 0 Å². The molecule has 4 aromatic rings. The zero-order chi connectivity index (χ0) is 35.2. The van der Waals surface area contributed by atoms with Crippen LogP contribution in [0.5, 0.6) is 11.5 Å². The van der Waals surface area contributed by atoms with Crippen LogP contribution in [0.1, 0.15) is 75.3 Å². The molecule has 0 spiro atoms. The number of likely N-dealkylation sites (tertiary alicyclic amines) is 2. The quantitative estimate of drug-likeness (QED) is 0.166. The maximum absolute atomic E-state index is 11.5. The van der Waals surface area contributed by atoms with Crippen LogP contribution < -0.4 is 9.47 Å². The van der Waals surface area contributed by atoms with Gasteiger partial charge in [-0.1, -0.05) is 49.2 Å². The van der Waals surface area contributed by atoms with Gasteiger partial charge in [-0.25, -0.2) is 0 Å². The Morgan fingerprint density at radius 1 is 0.588 bits per heavy atom. The molecule has 8 heteroatoms. The molecular formula is C43H52N2O6. The molecular weight excluding hydrogens is 640 g/mol. The lowest BCUT2D eigenvalue weighted by atomic mass is 9.97. The fraction of sp³-hybridized carbons (Fsp3) is 0.488. The minimum absolute atomic E-state index is 0.0416. The highest BCUT2D eigenvalue weighted by molar-refractivity contribution is 5.85. The number of aliphatic carboxylic acids is 1. The topological polar surface area (TPSA) is 88.5 Å². The number of ether oxygens (including phenoxy) is 3. The molecule has 0 radical (unpaired) electrons. The van der Waals surface area contributed by atoms with Crippen molar-refractivity contribution < 1.29 is 28.9 Å². The van der Waals surface area contributed by atoms with Crippen LogP contribution in [-0.4, -0.2) is 72.3 Å². The van der Waals surface area contributed by atoms with Crippen LogP contribution >= 0.6 is 0 Å². The van der Waals surface area contributed by atoms with Crippen molar-refractivity contribution in [1.29, 1.82) is 0 Å². The molecule has 0 unspecified atom stereocenters. The summed E-state index contributed by atoms with van der Waals surface area (Å²) in [5.41, 5.74) is 2.51. The molecule has 0 bridgehead atoms. The molecule has 8 nitrogen and oxygen atoms in total. The van der Waals surface area contributed by atoms with E-state index in [9.17, 15) is 9.59 Å². The summed E-state index contributed by atoms with van der Waals surface area (Å²) in [4.78, 5) is 26.8. The largest absolute Gasteiger partial charge is 0.490 e. The number of methoxy groups -OCH3 is 1. The van der Waals surface area contributed by atoms with Gasteiger partial charge in [0.25, 0.3) is 0 Å². The highest BCUT2D eigenvalue weighted by Gasteiger charge is 2.33.